The van der Waals surface area contributed by atoms with Crippen LogP contribution < -0.4 is 16.0 Å². The van der Waals surface area contributed by atoms with Gasteiger partial charge < -0.3 is 4.74 Å². The van der Waals surface area contributed by atoms with E-state index in [1.807, 2.05) is 13.0 Å². The predicted molar refractivity (Wildman–Crippen MR) is 78.7 cm³/mol. The number of hydrogen-bond acceptors (Lipinski definition) is 4. The van der Waals surface area contributed by atoms with Gasteiger partial charge >= 0.3 is 0 Å². The van der Waals surface area contributed by atoms with Crippen LogP contribution in [0.4, 0.5) is 4.39 Å². The molecule has 3 N–H and O–H groups in total. The van der Waals surface area contributed by atoms with Crippen molar-refractivity contribution in [3.8, 4) is 5.75 Å². The van der Waals surface area contributed by atoms with Gasteiger partial charge in [-0.15, -0.1) is 0 Å². The molecule has 1 aromatic heterocycles. The second-order valence-electron chi connectivity index (χ2n) is 4.16. The smallest absolute Gasteiger partial charge is 0.137 e. The minimum atomic E-state index is -0.314. The number of halogens is 2. The molecule has 0 aliphatic heterocycles. The molecule has 4 nitrogen and oxygen atoms in total. The van der Waals surface area contributed by atoms with E-state index in [1.165, 1.54) is 6.07 Å². The summed E-state index contributed by atoms with van der Waals surface area (Å²) in [4.78, 5) is 4.13. The summed E-state index contributed by atoms with van der Waals surface area (Å²) >= 11 is 3.17. The first-order chi connectivity index (χ1) is 9.65. The van der Waals surface area contributed by atoms with Crippen LogP contribution in [0, 0.1) is 5.82 Å². The highest BCUT2D eigenvalue weighted by Gasteiger charge is 2.15. The van der Waals surface area contributed by atoms with Crippen LogP contribution in [0.3, 0.4) is 0 Å². The molecule has 20 heavy (non-hydrogen) atoms. The van der Waals surface area contributed by atoms with E-state index in [0.717, 1.165) is 11.1 Å². The molecule has 2 rings (SSSR count). The Morgan fingerprint density at radius 2 is 2.15 bits per heavy atom. The summed E-state index contributed by atoms with van der Waals surface area (Å²) in [5.74, 6) is 5.98. The van der Waals surface area contributed by atoms with Crippen molar-refractivity contribution in [3.63, 3.8) is 0 Å². The Morgan fingerprint density at radius 3 is 2.80 bits per heavy atom. The van der Waals surface area contributed by atoms with Crippen molar-refractivity contribution in [2.45, 2.75) is 13.0 Å². The fraction of sp³-hybridized carbons (Fsp3) is 0.214. The predicted octanol–water partition coefficient (Wildman–Crippen LogP) is 2.93. The fourth-order valence-electron chi connectivity index (χ4n) is 1.92. The largest absolute Gasteiger partial charge is 0.492 e. The fourth-order valence-corrected chi connectivity index (χ4v) is 2.31. The molecule has 0 bridgehead atoms. The summed E-state index contributed by atoms with van der Waals surface area (Å²) in [6.07, 6.45) is 3.34. The molecule has 0 saturated heterocycles. The third kappa shape index (κ3) is 3.33. The van der Waals surface area contributed by atoms with Crippen molar-refractivity contribution in [2.24, 2.45) is 5.84 Å². The van der Waals surface area contributed by atoms with Gasteiger partial charge in [0.1, 0.15) is 11.6 Å². The highest BCUT2D eigenvalue weighted by Crippen LogP contribution is 2.27. The van der Waals surface area contributed by atoms with E-state index in [2.05, 4.69) is 26.3 Å². The summed E-state index contributed by atoms with van der Waals surface area (Å²) < 4.78 is 19.1. The molecule has 1 aromatic carbocycles. The first-order valence-electron chi connectivity index (χ1n) is 6.14. The van der Waals surface area contributed by atoms with E-state index in [-0.39, 0.29) is 11.9 Å². The molecule has 0 radical (unpaired) electrons. The maximum atomic E-state index is 13.3. The number of nitrogens with zero attached hydrogens (tertiary/aromatic N) is 1. The van der Waals surface area contributed by atoms with Crippen molar-refractivity contribution < 1.29 is 9.13 Å². The van der Waals surface area contributed by atoms with E-state index < -0.39 is 0 Å². The number of rotatable bonds is 5. The van der Waals surface area contributed by atoms with Gasteiger partial charge in [0.25, 0.3) is 0 Å². The quantitative estimate of drug-likeness (QED) is 0.649. The Hall–Kier alpha value is -1.50. The lowest BCUT2D eigenvalue weighted by Gasteiger charge is -2.17. The van der Waals surface area contributed by atoms with Gasteiger partial charge in [-0.3, -0.25) is 10.8 Å². The molecule has 0 aliphatic rings. The van der Waals surface area contributed by atoms with E-state index in [9.17, 15) is 4.39 Å². The number of pyridine rings is 1. The number of hydrazine groups is 1. The van der Waals surface area contributed by atoms with Crippen molar-refractivity contribution in [3.05, 3.63) is 58.1 Å². The van der Waals surface area contributed by atoms with Crippen LogP contribution >= 0.6 is 15.9 Å². The molecule has 1 heterocycles. The van der Waals surface area contributed by atoms with E-state index >= 15 is 0 Å². The summed E-state index contributed by atoms with van der Waals surface area (Å²) in [6.45, 7) is 2.47. The van der Waals surface area contributed by atoms with Crippen LogP contribution in [0.5, 0.6) is 5.75 Å². The van der Waals surface area contributed by atoms with E-state index in [4.69, 9.17) is 10.6 Å². The minimum absolute atomic E-state index is 0.292. The standard InChI is InChI=1S/C14H15BrFN3O/c1-2-20-11-5-10(7-18-8-11)14(19-17)9-3-4-13(16)12(15)6-9/h3-8,14,19H,2,17H2,1H3. The lowest BCUT2D eigenvalue weighted by molar-refractivity contribution is 0.338. The van der Waals surface area contributed by atoms with Crippen LogP contribution in [-0.2, 0) is 0 Å². The minimum Gasteiger partial charge on any atom is -0.492 e. The molecule has 0 amide bonds. The Labute approximate surface area is 125 Å². The number of ether oxygens (including phenoxy) is 1. The molecule has 6 heteroatoms. The zero-order valence-corrected chi connectivity index (χ0v) is 12.5. The van der Waals surface area contributed by atoms with Crippen LogP contribution in [0.15, 0.2) is 41.1 Å². The molecule has 0 fully saturated rings. The maximum absolute atomic E-state index is 13.3. The Kier molecular flexibility index (Phi) is 5.05. The second-order valence-corrected chi connectivity index (χ2v) is 5.01. The topological polar surface area (TPSA) is 60.2 Å². The number of nitrogens with two attached hydrogens (primary N) is 1. The molecule has 1 atom stereocenters. The first-order valence-corrected chi connectivity index (χ1v) is 6.93. The lowest BCUT2D eigenvalue weighted by Crippen LogP contribution is -2.29. The second kappa shape index (κ2) is 6.78. The molecule has 106 valence electrons. The van der Waals surface area contributed by atoms with Crippen LogP contribution in [-0.4, -0.2) is 11.6 Å². The Bertz CT molecular complexity index is 594. The number of hydrogen-bond donors (Lipinski definition) is 2. The normalized spacial score (nSPS) is 12.2. The molecular formula is C14H15BrFN3O. The zero-order chi connectivity index (χ0) is 14.5. The van der Waals surface area contributed by atoms with Gasteiger partial charge in [0.2, 0.25) is 0 Å². The van der Waals surface area contributed by atoms with Crippen LogP contribution in [0.25, 0.3) is 0 Å². The molecule has 0 spiro atoms. The third-order valence-corrected chi connectivity index (χ3v) is 3.43. The zero-order valence-electron chi connectivity index (χ0n) is 10.9. The molecular weight excluding hydrogens is 325 g/mol. The lowest BCUT2D eigenvalue weighted by atomic mass is 10.0. The van der Waals surface area contributed by atoms with E-state index in [0.29, 0.717) is 16.8 Å². The summed E-state index contributed by atoms with van der Waals surface area (Å²) in [5.41, 5.74) is 4.39. The first kappa shape index (κ1) is 14.9. The van der Waals surface area contributed by atoms with E-state index in [1.54, 1.807) is 24.5 Å². The van der Waals surface area contributed by atoms with Gasteiger partial charge in [-0.1, -0.05) is 6.07 Å². The summed E-state index contributed by atoms with van der Waals surface area (Å²) in [6, 6.07) is 6.33. The Morgan fingerprint density at radius 1 is 1.35 bits per heavy atom. The highest BCUT2D eigenvalue weighted by molar-refractivity contribution is 9.10. The van der Waals surface area contributed by atoms with Crippen molar-refractivity contribution in [1.82, 2.24) is 10.4 Å². The summed E-state index contributed by atoms with van der Waals surface area (Å²) in [7, 11) is 0. The van der Waals surface area contributed by atoms with Gasteiger partial charge in [0.05, 0.1) is 23.3 Å². The van der Waals surface area contributed by atoms with Crippen LogP contribution in [0.2, 0.25) is 0 Å². The van der Waals surface area contributed by atoms with Gasteiger partial charge in [-0.2, -0.15) is 0 Å². The number of aromatic nitrogens is 1. The SMILES string of the molecule is CCOc1cncc(C(NN)c2ccc(F)c(Br)c2)c1. The molecule has 1 unspecified atom stereocenters. The van der Waals surface area contributed by atoms with Crippen molar-refractivity contribution >= 4 is 15.9 Å². The number of nitrogens with one attached hydrogen (secondary N) is 1. The monoisotopic (exact) mass is 339 g/mol. The van der Waals surface area contributed by atoms with Gasteiger partial charge in [0.15, 0.2) is 0 Å². The van der Waals surface area contributed by atoms with Crippen LogP contribution in [0.1, 0.15) is 24.1 Å². The Balaban J connectivity index is 2.36. The number of benzene rings is 1. The van der Waals surface area contributed by atoms with Gasteiger partial charge in [-0.25, -0.2) is 9.82 Å². The third-order valence-electron chi connectivity index (χ3n) is 2.82. The average Bonchev–Trinajstić information content (AvgIpc) is 2.44. The molecule has 0 saturated carbocycles. The van der Waals surface area contributed by atoms with Crippen molar-refractivity contribution in [1.29, 1.82) is 0 Å². The van der Waals surface area contributed by atoms with Gasteiger partial charge in [-0.05, 0) is 52.2 Å². The molecule has 0 aliphatic carbocycles. The summed E-state index contributed by atoms with van der Waals surface area (Å²) in [5, 5.41) is 0. The molecule has 2 aromatic rings. The maximum Gasteiger partial charge on any atom is 0.137 e. The van der Waals surface area contributed by atoms with Crippen molar-refractivity contribution in [2.75, 3.05) is 6.61 Å². The average molecular weight is 340 g/mol. The highest BCUT2D eigenvalue weighted by atomic mass is 79.9. The van der Waals surface area contributed by atoms with Gasteiger partial charge in [0, 0.05) is 6.20 Å².